The molecule has 1 heterocycles. The monoisotopic (exact) mass is 322 g/mol. The highest BCUT2D eigenvalue weighted by atomic mass is 16.3. The Labute approximate surface area is 140 Å². The number of hydrogen-bond acceptors (Lipinski definition) is 4. The van der Waals surface area contributed by atoms with Crippen LogP contribution in [0.2, 0.25) is 0 Å². The van der Waals surface area contributed by atoms with Crippen molar-refractivity contribution in [1.82, 2.24) is 4.90 Å². The van der Waals surface area contributed by atoms with Crippen LogP contribution >= 0.6 is 0 Å². The summed E-state index contributed by atoms with van der Waals surface area (Å²) in [5.74, 6) is -0.836. The van der Waals surface area contributed by atoms with Gasteiger partial charge in [-0.05, 0) is 18.6 Å². The van der Waals surface area contributed by atoms with Crippen molar-refractivity contribution >= 4 is 17.5 Å². The van der Waals surface area contributed by atoms with Gasteiger partial charge in [0, 0.05) is 17.3 Å². The van der Waals surface area contributed by atoms with Crippen LogP contribution < -0.4 is 5.32 Å². The lowest BCUT2D eigenvalue weighted by Gasteiger charge is -2.15. The van der Waals surface area contributed by atoms with Gasteiger partial charge in [-0.1, -0.05) is 48.0 Å². The van der Waals surface area contributed by atoms with Crippen LogP contribution in [0.1, 0.15) is 5.56 Å². The highest BCUT2D eigenvalue weighted by molar-refractivity contribution is 6.17. The molecular formula is C19H18N2O3. The molecule has 5 nitrogen and oxygen atoms in total. The highest BCUT2D eigenvalue weighted by Gasteiger charge is 2.30. The molecule has 0 atom stereocenters. The van der Waals surface area contributed by atoms with Crippen LogP contribution in [0.3, 0.4) is 0 Å². The molecule has 24 heavy (non-hydrogen) atoms. The van der Waals surface area contributed by atoms with Crippen molar-refractivity contribution in [2.75, 3.05) is 18.5 Å². The minimum Gasteiger partial charge on any atom is -0.395 e. The number of aliphatic hydroxyl groups excluding tert-OH is 1. The van der Waals surface area contributed by atoms with Crippen LogP contribution in [0.4, 0.5) is 5.69 Å². The molecule has 0 bridgehead atoms. The van der Waals surface area contributed by atoms with E-state index < -0.39 is 11.8 Å². The van der Waals surface area contributed by atoms with Gasteiger partial charge in [0.15, 0.2) is 0 Å². The molecular weight excluding hydrogens is 304 g/mol. The first kappa shape index (κ1) is 16.0. The number of amides is 2. The largest absolute Gasteiger partial charge is 0.395 e. The van der Waals surface area contributed by atoms with Gasteiger partial charge in [-0.3, -0.25) is 14.5 Å². The van der Waals surface area contributed by atoms with E-state index in [1.807, 2.05) is 55.5 Å². The normalized spacial score (nSPS) is 14.1. The molecule has 122 valence electrons. The first-order valence-corrected chi connectivity index (χ1v) is 7.71. The molecule has 1 aliphatic heterocycles. The van der Waals surface area contributed by atoms with Crippen molar-refractivity contribution in [3.8, 4) is 11.1 Å². The number of hydrogen-bond donors (Lipinski definition) is 2. The number of β-amino-alcohol motifs (C(OH)–C–C–N with tert-alkyl or cyclic N) is 1. The van der Waals surface area contributed by atoms with Crippen molar-refractivity contribution in [3.05, 3.63) is 65.9 Å². The fraction of sp³-hybridized carbons (Fsp3) is 0.158. The number of imide groups is 1. The van der Waals surface area contributed by atoms with Crippen molar-refractivity contribution in [2.45, 2.75) is 6.92 Å². The fourth-order valence-electron chi connectivity index (χ4n) is 2.63. The second-order valence-corrected chi connectivity index (χ2v) is 5.61. The minimum atomic E-state index is -0.423. The summed E-state index contributed by atoms with van der Waals surface area (Å²) in [4.78, 5) is 25.1. The Morgan fingerprint density at radius 1 is 1.04 bits per heavy atom. The summed E-state index contributed by atoms with van der Waals surface area (Å²) in [6, 6.07) is 15.7. The number of nitrogens with one attached hydrogen (secondary N) is 1. The number of aryl methyl sites for hydroxylation is 1. The van der Waals surface area contributed by atoms with E-state index in [-0.39, 0.29) is 18.8 Å². The zero-order valence-corrected chi connectivity index (χ0v) is 13.3. The molecule has 2 aromatic rings. The topological polar surface area (TPSA) is 69.6 Å². The number of nitrogens with zero attached hydrogens (tertiary/aromatic N) is 1. The highest BCUT2D eigenvalue weighted by Crippen LogP contribution is 2.29. The van der Waals surface area contributed by atoms with Gasteiger partial charge in [0.25, 0.3) is 11.8 Å². The number of carbonyl (C=O) groups is 2. The summed E-state index contributed by atoms with van der Waals surface area (Å²) in [5.41, 5.74) is 4.10. The fourth-order valence-corrected chi connectivity index (χ4v) is 2.63. The van der Waals surface area contributed by atoms with Gasteiger partial charge < -0.3 is 10.4 Å². The van der Waals surface area contributed by atoms with E-state index in [2.05, 4.69) is 5.32 Å². The predicted octanol–water partition coefficient (Wildman–Crippen LogP) is 2.32. The SMILES string of the molecule is Cc1ccc(-c2ccccc2NC2=CC(=O)N(CCO)C2=O)cc1. The Balaban J connectivity index is 1.89. The van der Waals surface area contributed by atoms with E-state index in [1.165, 1.54) is 11.6 Å². The average Bonchev–Trinajstić information content (AvgIpc) is 2.84. The van der Waals surface area contributed by atoms with E-state index in [0.29, 0.717) is 0 Å². The Morgan fingerprint density at radius 2 is 1.75 bits per heavy atom. The van der Waals surface area contributed by atoms with Gasteiger partial charge in [-0.25, -0.2) is 0 Å². The maximum Gasteiger partial charge on any atom is 0.277 e. The number of benzene rings is 2. The van der Waals surface area contributed by atoms with Gasteiger partial charge in [0.1, 0.15) is 5.70 Å². The maximum absolute atomic E-state index is 12.3. The van der Waals surface area contributed by atoms with Gasteiger partial charge in [-0.15, -0.1) is 0 Å². The quantitative estimate of drug-likeness (QED) is 0.829. The van der Waals surface area contributed by atoms with Crippen LogP contribution in [0.25, 0.3) is 11.1 Å². The standard InChI is InChI=1S/C19H18N2O3/c1-13-6-8-14(9-7-13)15-4-2-3-5-16(15)20-17-12-18(23)21(10-11-22)19(17)24/h2-9,12,20,22H,10-11H2,1H3. The molecule has 2 N–H and O–H groups in total. The van der Waals surface area contributed by atoms with E-state index >= 15 is 0 Å². The first-order chi connectivity index (χ1) is 11.6. The molecule has 0 unspecified atom stereocenters. The summed E-state index contributed by atoms with van der Waals surface area (Å²) in [6.45, 7) is 1.77. The van der Waals surface area contributed by atoms with Crippen LogP contribution in [0, 0.1) is 6.92 Å². The van der Waals surface area contributed by atoms with Crippen molar-refractivity contribution in [1.29, 1.82) is 0 Å². The lowest BCUT2D eigenvalue weighted by atomic mass is 10.0. The van der Waals surface area contributed by atoms with Crippen molar-refractivity contribution < 1.29 is 14.7 Å². The number of para-hydroxylation sites is 1. The van der Waals surface area contributed by atoms with Gasteiger partial charge >= 0.3 is 0 Å². The minimum absolute atomic E-state index is 0.00104. The van der Waals surface area contributed by atoms with E-state index in [0.717, 1.165) is 21.7 Å². The Morgan fingerprint density at radius 3 is 2.46 bits per heavy atom. The lowest BCUT2D eigenvalue weighted by Crippen LogP contribution is -2.34. The first-order valence-electron chi connectivity index (χ1n) is 7.71. The summed E-state index contributed by atoms with van der Waals surface area (Å²) in [5, 5.41) is 12.0. The van der Waals surface area contributed by atoms with E-state index in [1.54, 1.807) is 0 Å². The van der Waals surface area contributed by atoms with Gasteiger partial charge in [-0.2, -0.15) is 0 Å². The molecule has 0 saturated carbocycles. The van der Waals surface area contributed by atoms with Crippen LogP contribution in [0.5, 0.6) is 0 Å². The van der Waals surface area contributed by atoms with Crippen LogP contribution in [0.15, 0.2) is 60.3 Å². The molecule has 0 aromatic heterocycles. The van der Waals surface area contributed by atoms with Gasteiger partial charge in [0.2, 0.25) is 0 Å². The molecule has 3 rings (SSSR count). The molecule has 0 saturated heterocycles. The molecule has 0 radical (unpaired) electrons. The molecule has 0 spiro atoms. The summed E-state index contributed by atoms with van der Waals surface area (Å²) < 4.78 is 0. The van der Waals surface area contributed by atoms with Crippen molar-refractivity contribution in [3.63, 3.8) is 0 Å². The second kappa shape index (κ2) is 6.68. The summed E-state index contributed by atoms with van der Waals surface area (Å²) in [6.07, 6.45) is 1.27. The number of rotatable bonds is 5. The third-order valence-corrected chi connectivity index (χ3v) is 3.89. The van der Waals surface area contributed by atoms with Crippen molar-refractivity contribution in [2.24, 2.45) is 0 Å². The third kappa shape index (κ3) is 3.07. The molecule has 1 aliphatic rings. The smallest absolute Gasteiger partial charge is 0.277 e. The number of carbonyl (C=O) groups excluding carboxylic acids is 2. The van der Waals surface area contributed by atoms with E-state index in [9.17, 15) is 9.59 Å². The molecule has 2 amide bonds. The summed E-state index contributed by atoms with van der Waals surface area (Å²) in [7, 11) is 0. The second-order valence-electron chi connectivity index (χ2n) is 5.61. The Bertz CT molecular complexity index is 810. The molecule has 0 fully saturated rings. The predicted molar refractivity (Wildman–Crippen MR) is 92.1 cm³/mol. The van der Waals surface area contributed by atoms with Crippen LogP contribution in [-0.4, -0.2) is 35.0 Å². The molecule has 2 aromatic carbocycles. The average molecular weight is 322 g/mol. The lowest BCUT2D eigenvalue weighted by molar-refractivity contribution is -0.137. The molecule has 0 aliphatic carbocycles. The molecule has 5 heteroatoms. The van der Waals surface area contributed by atoms with E-state index in [4.69, 9.17) is 5.11 Å². The third-order valence-electron chi connectivity index (χ3n) is 3.89. The number of anilines is 1. The Hall–Kier alpha value is -2.92. The maximum atomic E-state index is 12.3. The van der Waals surface area contributed by atoms with Crippen LogP contribution in [-0.2, 0) is 9.59 Å². The zero-order chi connectivity index (χ0) is 17.1. The zero-order valence-electron chi connectivity index (χ0n) is 13.3. The number of aliphatic hydroxyl groups is 1. The van der Waals surface area contributed by atoms with Gasteiger partial charge in [0.05, 0.1) is 13.2 Å². The summed E-state index contributed by atoms with van der Waals surface area (Å²) >= 11 is 0. The Kier molecular flexibility index (Phi) is 4.44.